The summed E-state index contributed by atoms with van der Waals surface area (Å²) < 4.78 is 0. The molecule has 1 aliphatic heterocycles. The zero-order chi connectivity index (χ0) is 20.6. The Bertz CT molecular complexity index is 601. The molecule has 1 fully saturated rings. The van der Waals surface area contributed by atoms with Crippen molar-refractivity contribution in [3.05, 3.63) is 0 Å². The van der Waals surface area contributed by atoms with Gasteiger partial charge in [0.05, 0.1) is 6.04 Å². The van der Waals surface area contributed by atoms with Crippen LogP contribution in [0.2, 0.25) is 0 Å². The molecule has 11 nitrogen and oxygen atoms in total. The van der Waals surface area contributed by atoms with Gasteiger partial charge in [0.2, 0.25) is 17.7 Å². The predicted octanol–water partition coefficient (Wildman–Crippen LogP) is -2.22. The minimum absolute atomic E-state index is 0.114. The Morgan fingerprint density at radius 1 is 1.19 bits per heavy atom. The van der Waals surface area contributed by atoms with E-state index in [1.54, 1.807) is 0 Å². The summed E-state index contributed by atoms with van der Waals surface area (Å²) in [6, 6.07) is -2.92. The van der Waals surface area contributed by atoms with Crippen LogP contribution < -0.4 is 16.4 Å². The molecule has 0 bridgehead atoms. The smallest absolute Gasteiger partial charge is 0.322 e. The van der Waals surface area contributed by atoms with Gasteiger partial charge < -0.3 is 31.5 Å². The van der Waals surface area contributed by atoms with E-state index in [0.717, 1.165) is 0 Å². The number of carbonyl (C=O) groups excluding carboxylic acids is 3. The molecule has 0 aromatic heterocycles. The molecule has 3 atom stereocenters. The van der Waals surface area contributed by atoms with Crippen molar-refractivity contribution < 1.29 is 34.2 Å². The molecule has 1 heterocycles. The average Bonchev–Trinajstić information content (AvgIpc) is 3.11. The summed E-state index contributed by atoms with van der Waals surface area (Å²) in [5, 5.41) is 22.0. The molecule has 12 heteroatoms. The van der Waals surface area contributed by atoms with Crippen LogP contribution in [0.25, 0.3) is 0 Å². The van der Waals surface area contributed by atoms with Crippen molar-refractivity contribution in [2.24, 2.45) is 5.73 Å². The van der Waals surface area contributed by atoms with Crippen LogP contribution in [0.1, 0.15) is 25.7 Å². The third kappa shape index (κ3) is 7.06. The summed E-state index contributed by atoms with van der Waals surface area (Å²) >= 11 is 3.97. The molecule has 0 aromatic carbocycles. The Hall–Kier alpha value is -2.34. The van der Waals surface area contributed by atoms with E-state index in [2.05, 4.69) is 23.3 Å². The van der Waals surface area contributed by atoms with Gasteiger partial charge in [-0.1, -0.05) is 0 Å². The second kappa shape index (κ2) is 10.7. The lowest BCUT2D eigenvalue weighted by molar-refractivity contribution is -0.141. The number of thiol groups is 1. The number of nitrogens with one attached hydrogen (secondary N) is 2. The van der Waals surface area contributed by atoms with Crippen molar-refractivity contribution in [2.75, 3.05) is 18.8 Å². The lowest BCUT2D eigenvalue weighted by Crippen LogP contribution is -2.55. The van der Waals surface area contributed by atoms with Crippen LogP contribution in [-0.4, -0.2) is 81.7 Å². The normalized spacial score (nSPS) is 18.4. The fourth-order valence-corrected chi connectivity index (χ4v) is 2.84. The van der Waals surface area contributed by atoms with Crippen LogP contribution in [-0.2, 0) is 24.0 Å². The molecule has 0 spiro atoms. The summed E-state index contributed by atoms with van der Waals surface area (Å²) in [7, 11) is 0. The second-order valence-corrected chi connectivity index (χ2v) is 6.45. The fourth-order valence-electron chi connectivity index (χ4n) is 2.68. The molecular formula is C15H24N4O7S. The quantitative estimate of drug-likeness (QED) is 0.222. The molecule has 1 aliphatic rings. The number of carboxylic acid groups (broad SMARTS) is 2. The van der Waals surface area contributed by atoms with Gasteiger partial charge in [-0.2, -0.15) is 12.6 Å². The van der Waals surface area contributed by atoms with Crippen LogP contribution in [0.3, 0.4) is 0 Å². The zero-order valence-electron chi connectivity index (χ0n) is 14.6. The van der Waals surface area contributed by atoms with Crippen LogP contribution >= 0.6 is 12.6 Å². The van der Waals surface area contributed by atoms with E-state index in [9.17, 15) is 24.0 Å². The number of hydrogen-bond donors (Lipinski definition) is 6. The maximum atomic E-state index is 12.6. The minimum Gasteiger partial charge on any atom is -0.481 e. The van der Waals surface area contributed by atoms with Crippen molar-refractivity contribution in [1.82, 2.24) is 15.5 Å². The number of nitrogens with zero attached hydrogens (tertiary/aromatic N) is 1. The van der Waals surface area contributed by atoms with Crippen LogP contribution in [0.5, 0.6) is 0 Å². The number of amides is 3. The molecule has 1 saturated heterocycles. The van der Waals surface area contributed by atoms with Gasteiger partial charge in [0.1, 0.15) is 18.6 Å². The predicted molar refractivity (Wildman–Crippen MR) is 96.0 cm³/mol. The average molecular weight is 404 g/mol. The number of aliphatic carboxylic acids is 2. The van der Waals surface area contributed by atoms with Crippen molar-refractivity contribution in [3.8, 4) is 0 Å². The number of rotatable bonds is 10. The Kier molecular flexibility index (Phi) is 9.02. The van der Waals surface area contributed by atoms with E-state index < -0.39 is 60.8 Å². The van der Waals surface area contributed by atoms with Gasteiger partial charge in [-0.3, -0.25) is 24.0 Å². The molecule has 0 radical (unpaired) electrons. The van der Waals surface area contributed by atoms with Crippen LogP contribution in [0.15, 0.2) is 0 Å². The first-order valence-corrected chi connectivity index (χ1v) is 8.99. The molecule has 3 amide bonds. The van der Waals surface area contributed by atoms with Crippen molar-refractivity contribution in [1.29, 1.82) is 0 Å². The SMILES string of the molecule is NC(CS)C(=O)N1CCCC1C(=O)NC(CCC(=O)O)C(=O)NCC(=O)O. The van der Waals surface area contributed by atoms with Gasteiger partial charge in [-0.25, -0.2) is 0 Å². The van der Waals surface area contributed by atoms with Crippen molar-refractivity contribution in [3.63, 3.8) is 0 Å². The first-order chi connectivity index (χ1) is 12.7. The van der Waals surface area contributed by atoms with Crippen molar-refractivity contribution >= 4 is 42.3 Å². The standard InChI is InChI=1S/C15H24N4O7S/c16-8(7-27)15(26)19-5-1-2-10(19)14(25)18-9(3-4-11(20)21)13(24)17-6-12(22)23/h8-10,27H,1-7,16H2,(H,17,24)(H,18,25)(H,20,21)(H,22,23). The minimum atomic E-state index is -1.28. The summed E-state index contributed by atoms with van der Waals surface area (Å²) in [6.07, 6.45) is 0.333. The lowest BCUT2D eigenvalue weighted by atomic mass is 10.1. The Morgan fingerprint density at radius 3 is 2.41 bits per heavy atom. The number of carboxylic acids is 2. The first kappa shape index (κ1) is 22.7. The van der Waals surface area contributed by atoms with E-state index >= 15 is 0 Å². The van der Waals surface area contributed by atoms with Crippen LogP contribution in [0, 0.1) is 0 Å². The van der Waals surface area contributed by atoms with Crippen LogP contribution in [0.4, 0.5) is 0 Å². The largest absolute Gasteiger partial charge is 0.481 e. The number of carbonyl (C=O) groups is 5. The highest BCUT2D eigenvalue weighted by atomic mass is 32.1. The molecule has 0 aromatic rings. The summed E-state index contributed by atoms with van der Waals surface area (Å²) in [5.74, 6) is -4.19. The highest BCUT2D eigenvalue weighted by molar-refractivity contribution is 7.80. The number of hydrogen-bond acceptors (Lipinski definition) is 7. The van der Waals surface area contributed by atoms with E-state index in [4.69, 9.17) is 15.9 Å². The van der Waals surface area contributed by atoms with E-state index in [1.165, 1.54) is 4.90 Å². The maximum Gasteiger partial charge on any atom is 0.322 e. The highest BCUT2D eigenvalue weighted by Crippen LogP contribution is 2.19. The lowest BCUT2D eigenvalue weighted by Gasteiger charge is -2.27. The van der Waals surface area contributed by atoms with E-state index in [0.29, 0.717) is 19.4 Å². The highest BCUT2D eigenvalue weighted by Gasteiger charge is 2.37. The Morgan fingerprint density at radius 2 is 1.85 bits per heavy atom. The van der Waals surface area contributed by atoms with Crippen molar-refractivity contribution in [2.45, 2.75) is 43.8 Å². The Labute approximate surface area is 161 Å². The molecule has 0 aliphatic carbocycles. The topological polar surface area (TPSA) is 179 Å². The Balaban J connectivity index is 2.80. The van der Waals surface area contributed by atoms with Gasteiger partial charge in [0.25, 0.3) is 0 Å². The molecule has 1 rings (SSSR count). The number of likely N-dealkylation sites (tertiary alicyclic amines) is 1. The third-order valence-corrected chi connectivity index (χ3v) is 4.44. The van der Waals surface area contributed by atoms with Gasteiger partial charge >= 0.3 is 11.9 Å². The van der Waals surface area contributed by atoms with E-state index in [-0.39, 0.29) is 12.2 Å². The van der Waals surface area contributed by atoms with Gasteiger partial charge in [0, 0.05) is 18.7 Å². The van der Waals surface area contributed by atoms with E-state index in [1.807, 2.05) is 0 Å². The molecule has 27 heavy (non-hydrogen) atoms. The summed E-state index contributed by atoms with van der Waals surface area (Å²) in [6.45, 7) is -0.327. The monoisotopic (exact) mass is 404 g/mol. The molecule has 152 valence electrons. The van der Waals surface area contributed by atoms with Gasteiger partial charge in [0.15, 0.2) is 0 Å². The molecule has 6 N–H and O–H groups in total. The summed E-state index contributed by atoms with van der Waals surface area (Å²) in [5.41, 5.74) is 5.67. The fraction of sp³-hybridized carbons (Fsp3) is 0.667. The molecule has 3 unspecified atom stereocenters. The summed E-state index contributed by atoms with van der Waals surface area (Å²) in [4.78, 5) is 59.6. The third-order valence-electron chi connectivity index (χ3n) is 4.05. The molecular weight excluding hydrogens is 380 g/mol. The molecule has 0 saturated carbocycles. The first-order valence-electron chi connectivity index (χ1n) is 8.36. The maximum absolute atomic E-state index is 12.6. The van der Waals surface area contributed by atoms with Gasteiger partial charge in [-0.15, -0.1) is 0 Å². The van der Waals surface area contributed by atoms with Gasteiger partial charge in [-0.05, 0) is 19.3 Å². The zero-order valence-corrected chi connectivity index (χ0v) is 15.5. The second-order valence-electron chi connectivity index (χ2n) is 6.08. The number of nitrogens with two attached hydrogens (primary N) is 1.